The van der Waals surface area contributed by atoms with Crippen molar-refractivity contribution in [2.24, 2.45) is 0 Å². The Morgan fingerprint density at radius 2 is 1.81 bits per heavy atom. The van der Waals surface area contributed by atoms with Crippen molar-refractivity contribution in [2.75, 3.05) is 26.2 Å². The number of nitrogens with zero attached hydrogens (tertiary/aromatic N) is 1. The van der Waals surface area contributed by atoms with Gasteiger partial charge in [-0.3, -0.25) is 9.59 Å². The van der Waals surface area contributed by atoms with E-state index >= 15 is 0 Å². The van der Waals surface area contributed by atoms with Gasteiger partial charge in [0.1, 0.15) is 11.4 Å². The number of benzene rings is 1. The zero-order valence-electron chi connectivity index (χ0n) is 19.2. The Kier molecular flexibility index (Phi) is 8.71. The smallest absolute Gasteiger partial charge is 0.407 e. The number of hydrogen-bond donors (Lipinski definition) is 2. The Balaban J connectivity index is 1.65. The van der Waals surface area contributed by atoms with E-state index in [1.165, 1.54) is 0 Å². The van der Waals surface area contributed by atoms with Crippen LogP contribution in [0.4, 0.5) is 4.79 Å². The molecule has 0 aliphatic carbocycles. The van der Waals surface area contributed by atoms with E-state index < -0.39 is 11.7 Å². The normalized spacial score (nSPS) is 14.7. The first kappa shape index (κ1) is 24.5. The summed E-state index contributed by atoms with van der Waals surface area (Å²) in [7, 11) is 0. The van der Waals surface area contributed by atoms with Gasteiger partial charge in [0.2, 0.25) is 5.91 Å². The second-order valence-electron chi connectivity index (χ2n) is 8.89. The number of alkyl carbamates (subject to hydrolysis) is 1. The highest BCUT2D eigenvalue weighted by atomic mass is 16.6. The number of carbonyl (C=O) groups is 3. The summed E-state index contributed by atoms with van der Waals surface area (Å²) in [5.74, 6) is 0.543. The molecule has 0 radical (unpaired) electrons. The van der Waals surface area contributed by atoms with E-state index in [1.807, 2.05) is 32.0 Å². The highest BCUT2D eigenvalue weighted by Crippen LogP contribution is 2.20. The van der Waals surface area contributed by atoms with E-state index in [0.29, 0.717) is 25.9 Å². The Morgan fingerprint density at radius 3 is 2.45 bits per heavy atom. The lowest BCUT2D eigenvalue weighted by Gasteiger charge is -2.32. The minimum absolute atomic E-state index is 0.0147. The van der Waals surface area contributed by atoms with E-state index in [9.17, 15) is 14.4 Å². The Bertz CT molecular complexity index is 780. The highest BCUT2D eigenvalue weighted by molar-refractivity contribution is 5.78. The number of amides is 3. The van der Waals surface area contributed by atoms with Crippen LogP contribution in [0.3, 0.4) is 0 Å². The molecule has 0 saturated carbocycles. The summed E-state index contributed by atoms with van der Waals surface area (Å²) in [4.78, 5) is 38.0. The van der Waals surface area contributed by atoms with Crippen molar-refractivity contribution in [1.29, 1.82) is 0 Å². The third-order valence-electron chi connectivity index (χ3n) is 5.13. The van der Waals surface area contributed by atoms with Crippen LogP contribution in [0.15, 0.2) is 18.2 Å². The summed E-state index contributed by atoms with van der Waals surface area (Å²) in [6.45, 7) is 10.7. The van der Waals surface area contributed by atoms with Gasteiger partial charge < -0.3 is 25.0 Å². The number of likely N-dealkylation sites (tertiary alicyclic amines) is 1. The molecule has 0 atom stereocenters. The Labute approximate surface area is 184 Å². The van der Waals surface area contributed by atoms with E-state index in [1.54, 1.807) is 25.7 Å². The number of hydrogen-bond acceptors (Lipinski definition) is 5. The monoisotopic (exact) mass is 433 g/mol. The van der Waals surface area contributed by atoms with Crippen LogP contribution in [0.1, 0.15) is 51.2 Å². The number of piperidine rings is 1. The van der Waals surface area contributed by atoms with Gasteiger partial charge in [-0.05, 0) is 64.7 Å². The molecule has 1 saturated heterocycles. The standard InChI is InChI=1S/C23H35N3O5/c1-16-7-6-8-19(17(16)2)30-15-20(27)25-18-10-13-26(14-11-18)21(28)9-12-24-22(29)31-23(3,4)5/h6-8,18H,9-15H2,1-5H3,(H,24,29)(H,25,27). The second-order valence-corrected chi connectivity index (χ2v) is 8.89. The summed E-state index contributed by atoms with van der Waals surface area (Å²) in [6, 6.07) is 5.80. The molecular formula is C23H35N3O5. The van der Waals surface area contributed by atoms with Crippen molar-refractivity contribution >= 4 is 17.9 Å². The first-order valence-electron chi connectivity index (χ1n) is 10.8. The van der Waals surface area contributed by atoms with Crippen molar-refractivity contribution in [1.82, 2.24) is 15.5 Å². The van der Waals surface area contributed by atoms with Gasteiger partial charge in [-0.1, -0.05) is 12.1 Å². The summed E-state index contributed by atoms with van der Waals surface area (Å²) in [6.07, 6.45) is 1.09. The molecule has 8 heteroatoms. The van der Waals surface area contributed by atoms with Gasteiger partial charge >= 0.3 is 6.09 Å². The average molecular weight is 434 g/mol. The van der Waals surface area contributed by atoms with Crippen LogP contribution in [-0.4, -0.2) is 60.7 Å². The van der Waals surface area contributed by atoms with Gasteiger partial charge in [0.15, 0.2) is 6.61 Å². The molecule has 0 spiro atoms. The van der Waals surface area contributed by atoms with Gasteiger partial charge in [0.25, 0.3) is 5.91 Å². The van der Waals surface area contributed by atoms with Gasteiger partial charge in [-0.15, -0.1) is 0 Å². The van der Waals surface area contributed by atoms with E-state index in [2.05, 4.69) is 10.6 Å². The van der Waals surface area contributed by atoms with Crippen molar-refractivity contribution < 1.29 is 23.9 Å². The molecule has 0 aromatic heterocycles. The maximum Gasteiger partial charge on any atom is 0.407 e. The van der Waals surface area contributed by atoms with E-state index in [-0.39, 0.29) is 37.4 Å². The average Bonchev–Trinajstić information content (AvgIpc) is 2.68. The largest absolute Gasteiger partial charge is 0.483 e. The summed E-state index contributed by atoms with van der Waals surface area (Å²) < 4.78 is 10.8. The Morgan fingerprint density at radius 1 is 1.13 bits per heavy atom. The highest BCUT2D eigenvalue weighted by Gasteiger charge is 2.24. The molecule has 8 nitrogen and oxygen atoms in total. The summed E-state index contributed by atoms with van der Waals surface area (Å²) >= 11 is 0. The SMILES string of the molecule is Cc1cccc(OCC(=O)NC2CCN(C(=O)CCNC(=O)OC(C)(C)C)CC2)c1C. The topological polar surface area (TPSA) is 97.0 Å². The summed E-state index contributed by atoms with van der Waals surface area (Å²) in [5.41, 5.74) is 1.59. The lowest BCUT2D eigenvalue weighted by molar-refractivity contribution is -0.132. The van der Waals surface area contributed by atoms with Crippen molar-refractivity contribution in [3.05, 3.63) is 29.3 Å². The van der Waals surface area contributed by atoms with E-state index in [0.717, 1.165) is 16.9 Å². The van der Waals surface area contributed by atoms with Crippen LogP contribution < -0.4 is 15.4 Å². The fourth-order valence-corrected chi connectivity index (χ4v) is 3.31. The number of rotatable bonds is 7. The minimum Gasteiger partial charge on any atom is -0.483 e. The molecule has 1 aromatic carbocycles. The van der Waals surface area contributed by atoms with Crippen molar-refractivity contribution in [3.63, 3.8) is 0 Å². The maximum atomic E-state index is 12.3. The molecule has 2 rings (SSSR count). The zero-order chi connectivity index (χ0) is 23.0. The molecule has 1 heterocycles. The first-order valence-corrected chi connectivity index (χ1v) is 10.8. The van der Waals surface area contributed by atoms with Crippen LogP contribution in [0, 0.1) is 13.8 Å². The molecule has 1 aliphatic heterocycles. The number of nitrogens with one attached hydrogen (secondary N) is 2. The van der Waals surface area contributed by atoms with Crippen molar-refractivity contribution in [3.8, 4) is 5.75 Å². The number of carbonyl (C=O) groups excluding carboxylic acids is 3. The third-order valence-corrected chi connectivity index (χ3v) is 5.13. The lowest BCUT2D eigenvalue weighted by atomic mass is 10.0. The van der Waals surface area contributed by atoms with Crippen LogP contribution in [0.25, 0.3) is 0 Å². The van der Waals surface area contributed by atoms with Crippen LogP contribution in [-0.2, 0) is 14.3 Å². The van der Waals surface area contributed by atoms with Gasteiger partial charge in [0, 0.05) is 32.1 Å². The zero-order valence-corrected chi connectivity index (χ0v) is 19.2. The molecule has 2 N–H and O–H groups in total. The van der Waals surface area contributed by atoms with Crippen LogP contribution in [0.2, 0.25) is 0 Å². The molecule has 1 aromatic rings. The molecule has 172 valence electrons. The quantitative estimate of drug-likeness (QED) is 0.689. The predicted molar refractivity (Wildman–Crippen MR) is 118 cm³/mol. The van der Waals surface area contributed by atoms with Gasteiger partial charge in [-0.2, -0.15) is 0 Å². The fraction of sp³-hybridized carbons (Fsp3) is 0.609. The molecular weight excluding hydrogens is 398 g/mol. The predicted octanol–water partition coefficient (Wildman–Crippen LogP) is 2.70. The fourth-order valence-electron chi connectivity index (χ4n) is 3.31. The lowest BCUT2D eigenvalue weighted by Crippen LogP contribution is -2.48. The Hall–Kier alpha value is -2.77. The van der Waals surface area contributed by atoms with Crippen LogP contribution >= 0.6 is 0 Å². The third kappa shape index (κ3) is 8.47. The minimum atomic E-state index is -0.565. The second kappa shape index (κ2) is 11.0. The molecule has 0 unspecified atom stereocenters. The van der Waals surface area contributed by atoms with Gasteiger partial charge in [-0.25, -0.2) is 4.79 Å². The molecule has 31 heavy (non-hydrogen) atoms. The van der Waals surface area contributed by atoms with Gasteiger partial charge in [0.05, 0.1) is 0 Å². The molecule has 0 bridgehead atoms. The van der Waals surface area contributed by atoms with E-state index in [4.69, 9.17) is 9.47 Å². The molecule has 3 amide bonds. The summed E-state index contributed by atoms with van der Waals surface area (Å²) in [5, 5.41) is 5.59. The first-order chi connectivity index (χ1) is 14.5. The van der Waals surface area contributed by atoms with Crippen molar-refractivity contribution in [2.45, 2.75) is 65.5 Å². The number of aryl methyl sites for hydroxylation is 1. The number of ether oxygens (including phenoxy) is 2. The van der Waals surface area contributed by atoms with Crippen LogP contribution in [0.5, 0.6) is 5.75 Å². The molecule has 1 fully saturated rings. The maximum absolute atomic E-state index is 12.3. The molecule has 1 aliphatic rings.